The van der Waals surface area contributed by atoms with Crippen LogP contribution in [-0.2, 0) is 0 Å². The Labute approximate surface area is 243 Å². The first-order valence-corrected chi connectivity index (χ1v) is 13.0. The molecule has 4 amide bonds. The molecule has 0 saturated carbocycles. The van der Waals surface area contributed by atoms with Gasteiger partial charge in [-0.15, -0.1) is 0 Å². The van der Waals surface area contributed by atoms with E-state index < -0.39 is 29.4 Å². The first kappa shape index (κ1) is 25.5. The molecule has 9 heteroatoms. The number of carbonyl (C=O) groups is 4. The quantitative estimate of drug-likeness (QED) is 0.181. The van der Waals surface area contributed by atoms with Crippen molar-refractivity contribution >= 4 is 51.5 Å². The van der Waals surface area contributed by atoms with E-state index in [2.05, 4.69) is 4.85 Å². The maximum Gasteiger partial charge on any atom is 0.266 e. The third-order valence-electron chi connectivity index (χ3n) is 7.66. The Hall–Kier alpha value is -6.45. The van der Waals surface area contributed by atoms with Crippen molar-refractivity contribution in [1.82, 2.24) is 0 Å². The van der Waals surface area contributed by atoms with E-state index in [4.69, 9.17) is 6.57 Å². The van der Waals surface area contributed by atoms with Crippen molar-refractivity contribution in [2.45, 2.75) is 0 Å². The zero-order valence-corrected chi connectivity index (χ0v) is 22.0. The molecule has 0 saturated heterocycles. The maximum atomic E-state index is 15.3. The predicted molar refractivity (Wildman–Crippen MR) is 155 cm³/mol. The molecule has 0 fully saturated rings. The van der Waals surface area contributed by atoms with Gasteiger partial charge >= 0.3 is 0 Å². The Kier molecular flexibility index (Phi) is 5.52. The van der Waals surface area contributed by atoms with Crippen LogP contribution in [0.5, 0.6) is 0 Å². The van der Waals surface area contributed by atoms with Gasteiger partial charge < -0.3 is 0 Å². The van der Waals surface area contributed by atoms with Crippen LogP contribution in [-0.4, -0.2) is 23.6 Å². The summed E-state index contributed by atoms with van der Waals surface area (Å²) in [7, 11) is 0. The van der Waals surface area contributed by atoms with Gasteiger partial charge in [-0.3, -0.25) is 19.2 Å². The smallest absolute Gasteiger partial charge is 0.266 e. The molecule has 202 valence electrons. The summed E-state index contributed by atoms with van der Waals surface area (Å²) in [4.78, 5) is 61.2. The second-order valence-corrected chi connectivity index (χ2v) is 9.92. The summed E-state index contributed by atoms with van der Waals surface area (Å²) in [5.74, 6) is -3.49. The minimum absolute atomic E-state index is 0.0215. The van der Waals surface area contributed by atoms with E-state index in [1.54, 1.807) is 6.07 Å². The zero-order chi connectivity index (χ0) is 30.0. The molecule has 5 aromatic rings. The number of imide groups is 2. The SMILES string of the molecule is [C-]#[N+]c1ccc(N2C(=O)c3ccc4c5c(cc(-c6ccccc6F)c(c35)C2=O)C(=O)N(c2ccc(C#N)cc2)C4=O)cc1. The molecule has 0 N–H and O–H groups in total. The van der Waals surface area contributed by atoms with Gasteiger partial charge in [0.2, 0.25) is 0 Å². The minimum atomic E-state index is -0.760. The van der Waals surface area contributed by atoms with Gasteiger partial charge in [-0.05, 0) is 66.2 Å². The van der Waals surface area contributed by atoms with E-state index in [0.29, 0.717) is 11.3 Å². The molecule has 0 radical (unpaired) electrons. The Morgan fingerprint density at radius 1 is 0.628 bits per heavy atom. The van der Waals surface area contributed by atoms with Crippen molar-refractivity contribution in [1.29, 1.82) is 5.26 Å². The number of nitrogens with zero attached hydrogens (tertiary/aromatic N) is 4. The number of hydrogen-bond acceptors (Lipinski definition) is 5. The second kappa shape index (κ2) is 9.30. The van der Waals surface area contributed by atoms with Crippen molar-refractivity contribution in [3.8, 4) is 17.2 Å². The third kappa shape index (κ3) is 3.59. The van der Waals surface area contributed by atoms with Gasteiger partial charge in [0, 0.05) is 38.7 Å². The molecule has 0 spiro atoms. The number of carbonyl (C=O) groups excluding carboxylic acids is 4. The van der Waals surface area contributed by atoms with Crippen LogP contribution < -0.4 is 9.80 Å². The number of halogens is 1. The number of rotatable bonds is 3. The monoisotopic (exact) mass is 562 g/mol. The minimum Gasteiger partial charge on any atom is -0.268 e. The largest absolute Gasteiger partial charge is 0.268 e. The van der Waals surface area contributed by atoms with Crippen LogP contribution in [0.2, 0.25) is 0 Å². The van der Waals surface area contributed by atoms with Gasteiger partial charge in [0.15, 0.2) is 5.69 Å². The average Bonchev–Trinajstić information content (AvgIpc) is 3.03. The highest BCUT2D eigenvalue weighted by Gasteiger charge is 2.42. The average molecular weight is 563 g/mol. The number of anilines is 2. The number of amides is 4. The van der Waals surface area contributed by atoms with Crippen LogP contribution in [0.25, 0.3) is 26.7 Å². The lowest BCUT2D eigenvalue weighted by Crippen LogP contribution is -2.43. The molecule has 0 unspecified atom stereocenters. The van der Waals surface area contributed by atoms with Gasteiger partial charge in [-0.2, -0.15) is 5.26 Å². The molecule has 2 aliphatic heterocycles. The van der Waals surface area contributed by atoms with E-state index in [1.165, 1.54) is 84.9 Å². The summed E-state index contributed by atoms with van der Waals surface area (Å²) in [5.41, 5.74) is 1.36. The molecule has 8 nitrogen and oxygen atoms in total. The molecule has 0 aliphatic carbocycles. The van der Waals surface area contributed by atoms with E-state index in [9.17, 15) is 24.4 Å². The molecule has 5 aromatic carbocycles. The number of benzene rings is 5. The maximum absolute atomic E-state index is 15.3. The first-order valence-electron chi connectivity index (χ1n) is 13.0. The molecule has 43 heavy (non-hydrogen) atoms. The molecule has 7 rings (SSSR count). The van der Waals surface area contributed by atoms with Crippen LogP contribution in [0, 0.1) is 23.7 Å². The van der Waals surface area contributed by atoms with E-state index in [0.717, 1.165) is 9.80 Å². The van der Waals surface area contributed by atoms with Gasteiger partial charge in [0.05, 0.1) is 29.5 Å². The Balaban J connectivity index is 1.53. The topological polar surface area (TPSA) is 103 Å². The summed E-state index contributed by atoms with van der Waals surface area (Å²) in [6, 6.07) is 23.8. The summed E-state index contributed by atoms with van der Waals surface area (Å²) in [6.45, 7) is 7.21. The second-order valence-electron chi connectivity index (χ2n) is 9.92. The van der Waals surface area contributed by atoms with Gasteiger partial charge in [0.1, 0.15) is 5.82 Å². The fraction of sp³-hybridized carbons (Fsp3) is 0. The van der Waals surface area contributed by atoms with Crippen molar-refractivity contribution in [3.05, 3.63) is 136 Å². The van der Waals surface area contributed by atoms with Crippen LogP contribution in [0.3, 0.4) is 0 Å². The van der Waals surface area contributed by atoms with Crippen LogP contribution in [0.4, 0.5) is 21.5 Å². The van der Waals surface area contributed by atoms with Crippen molar-refractivity contribution in [2.24, 2.45) is 0 Å². The zero-order valence-electron chi connectivity index (χ0n) is 22.0. The highest BCUT2D eigenvalue weighted by atomic mass is 19.1. The highest BCUT2D eigenvalue weighted by molar-refractivity contribution is 6.43. The summed E-state index contributed by atoms with van der Waals surface area (Å²) < 4.78 is 15.3. The molecule has 2 aliphatic rings. The van der Waals surface area contributed by atoms with Crippen molar-refractivity contribution < 1.29 is 23.6 Å². The fourth-order valence-electron chi connectivity index (χ4n) is 5.69. The summed E-state index contributed by atoms with van der Waals surface area (Å²) in [6.07, 6.45) is 0. The molecule has 0 atom stereocenters. The predicted octanol–water partition coefficient (Wildman–Crippen LogP) is 6.67. The van der Waals surface area contributed by atoms with E-state index in [1.807, 2.05) is 6.07 Å². The van der Waals surface area contributed by atoms with Crippen LogP contribution in [0.1, 0.15) is 47.0 Å². The normalized spacial score (nSPS) is 13.7. The molecular weight excluding hydrogens is 547 g/mol. The lowest BCUT2D eigenvalue weighted by Gasteiger charge is -2.33. The summed E-state index contributed by atoms with van der Waals surface area (Å²) >= 11 is 0. The Bertz CT molecular complexity index is 2190. The van der Waals surface area contributed by atoms with Gasteiger partial charge in [0.25, 0.3) is 23.6 Å². The van der Waals surface area contributed by atoms with Crippen molar-refractivity contribution in [2.75, 3.05) is 9.80 Å². The van der Waals surface area contributed by atoms with Crippen LogP contribution in [0.15, 0.2) is 91.0 Å². The van der Waals surface area contributed by atoms with E-state index >= 15 is 4.39 Å². The molecule has 2 heterocycles. The highest BCUT2D eigenvalue weighted by Crippen LogP contribution is 2.44. The Morgan fingerprint density at radius 3 is 1.79 bits per heavy atom. The fourth-order valence-corrected chi connectivity index (χ4v) is 5.69. The van der Waals surface area contributed by atoms with Crippen molar-refractivity contribution in [3.63, 3.8) is 0 Å². The van der Waals surface area contributed by atoms with Gasteiger partial charge in [-0.25, -0.2) is 19.0 Å². The first-order chi connectivity index (χ1) is 20.8. The number of hydrogen-bond donors (Lipinski definition) is 0. The van der Waals surface area contributed by atoms with Gasteiger partial charge in [-0.1, -0.05) is 30.3 Å². The number of nitriles is 1. The van der Waals surface area contributed by atoms with E-state index in [-0.39, 0.29) is 55.5 Å². The Morgan fingerprint density at radius 2 is 1.19 bits per heavy atom. The molecular formula is C34H15FN4O4. The standard InChI is InChI=1S/C34H15FN4O4/c1-37-19-8-12-21(13-9-19)39-32(41)24-15-14-23-28-26(33(42)38(31(23)40)20-10-6-18(17-36)7-11-20)16-25(30(29(24)28)34(39)43)22-4-2-3-5-27(22)35/h2-16H. The molecule has 0 aromatic heterocycles. The van der Waals surface area contributed by atoms with Crippen LogP contribution >= 0.6 is 0 Å². The summed E-state index contributed by atoms with van der Waals surface area (Å²) in [5, 5.41) is 9.41. The molecule has 0 bridgehead atoms. The lowest BCUT2D eigenvalue weighted by atomic mass is 9.81. The third-order valence-corrected chi connectivity index (χ3v) is 7.66. The lowest BCUT2D eigenvalue weighted by molar-refractivity contribution is 0.0873.